The summed E-state index contributed by atoms with van der Waals surface area (Å²) in [7, 11) is 3.04. The number of hydrogen-bond donors (Lipinski definition) is 1. The van der Waals surface area contributed by atoms with Gasteiger partial charge in [-0.05, 0) is 36.8 Å². The van der Waals surface area contributed by atoms with Crippen LogP contribution in [-0.4, -0.2) is 30.4 Å². The maximum Gasteiger partial charge on any atom is 0.222 e. The molecule has 3 rings (SSSR count). The van der Waals surface area contributed by atoms with E-state index in [1.165, 1.54) is 14.2 Å². The molecule has 1 aromatic heterocycles. The van der Waals surface area contributed by atoms with Crippen molar-refractivity contribution in [3.05, 3.63) is 53.2 Å². The van der Waals surface area contributed by atoms with Gasteiger partial charge in [0.2, 0.25) is 11.7 Å². The summed E-state index contributed by atoms with van der Waals surface area (Å²) in [5.41, 5.74) is 2.80. The Hall–Kier alpha value is -1.95. The summed E-state index contributed by atoms with van der Waals surface area (Å²) >= 11 is 0. The number of aliphatic hydroxyl groups is 1. The Morgan fingerprint density at radius 2 is 2.00 bits per heavy atom. The van der Waals surface area contributed by atoms with Gasteiger partial charge in [0.05, 0.1) is 0 Å². The van der Waals surface area contributed by atoms with E-state index in [1.54, 1.807) is 13.1 Å². The Labute approximate surface area is 129 Å². The van der Waals surface area contributed by atoms with Crippen LogP contribution in [0.25, 0.3) is 0 Å². The van der Waals surface area contributed by atoms with Gasteiger partial charge in [0.25, 0.3) is 0 Å². The predicted molar refractivity (Wildman–Crippen MR) is 80.9 cm³/mol. The average Bonchev–Trinajstić information content (AvgIpc) is 2.54. The highest BCUT2D eigenvalue weighted by molar-refractivity contribution is 5.49. The molecule has 1 aliphatic heterocycles. The van der Waals surface area contributed by atoms with E-state index in [9.17, 15) is 5.11 Å². The van der Waals surface area contributed by atoms with Crippen LogP contribution in [0.4, 0.5) is 0 Å². The smallest absolute Gasteiger partial charge is 0.222 e. The third-order valence-electron chi connectivity index (χ3n) is 4.06. The first-order valence-corrected chi connectivity index (χ1v) is 7.14. The lowest BCUT2D eigenvalue weighted by Crippen LogP contribution is -2.41. The van der Waals surface area contributed by atoms with Crippen molar-refractivity contribution in [3.8, 4) is 11.6 Å². The van der Waals surface area contributed by atoms with Gasteiger partial charge in [0.1, 0.15) is 11.9 Å². The Kier molecular flexibility index (Phi) is 3.87. The highest BCUT2D eigenvalue weighted by Gasteiger charge is 2.38. The van der Waals surface area contributed by atoms with E-state index < -0.39 is 11.9 Å². The molecule has 1 aromatic carbocycles. The molecule has 1 atom stereocenters. The Bertz CT molecular complexity index is 680. The van der Waals surface area contributed by atoms with E-state index in [1.807, 2.05) is 30.3 Å². The fourth-order valence-electron chi connectivity index (χ4n) is 2.90. The first-order valence-electron chi connectivity index (χ1n) is 7.14. The fourth-order valence-corrected chi connectivity index (χ4v) is 2.90. The van der Waals surface area contributed by atoms with E-state index in [-0.39, 0.29) is 0 Å². The van der Waals surface area contributed by atoms with Crippen molar-refractivity contribution in [2.75, 3.05) is 14.2 Å². The van der Waals surface area contributed by atoms with Gasteiger partial charge in [0, 0.05) is 38.0 Å². The van der Waals surface area contributed by atoms with Crippen molar-refractivity contribution in [3.63, 3.8) is 0 Å². The van der Waals surface area contributed by atoms with Crippen LogP contribution in [0.15, 0.2) is 36.5 Å². The summed E-state index contributed by atoms with van der Waals surface area (Å²) in [6.45, 7) is 1.64. The van der Waals surface area contributed by atoms with E-state index in [4.69, 9.17) is 14.2 Å². The van der Waals surface area contributed by atoms with E-state index >= 15 is 0 Å². The molecular weight excluding hydrogens is 282 g/mol. The van der Waals surface area contributed by atoms with Crippen LogP contribution in [0.2, 0.25) is 0 Å². The average molecular weight is 301 g/mol. The van der Waals surface area contributed by atoms with Gasteiger partial charge in [-0.1, -0.05) is 6.07 Å². The van der Waals surface area contributed by atoms with Gasteiger partial charge in [-0.2, -0.15) is 0 Å². The molecule has 5 nitrogen and oxygen atoms in total. The van der Waals surface area contributed by atoms with E-state index in [0.717, 1.165) is 28.9 Å². The van der Waals surface area contributed by atoms with Crippen molar-refractivity contribution < 1.29 is 19.3 Å². The lowest BCUT2D eigenvalue weighted by Gasteiger charge is -2.34. The van der Waals surface area contributed by atoms with Crippen molar-refractivity contribution in [2.24, 2.45) is 0 Å². The minimum absolute atomic E-state index is 0.642. The molecule has 0 bridgehead atoms. The summed E-state index contributed by atoms with van der Waals surface area (Å²) in [5.74, 6) is 0.217. The van der Waals surface area contributed by atoms with Gasteiger partial charge in [-0.15, -0.1) is 0 Å². The summed E-state index contributed by atoms with van der Waals surface area (Å²) in [6.07, 6.45) is 1.61. The first-order chi connectivity index (χ1) is 10.6. The molecular formula is C17H19NO4. The molecule has 22 heavy (non-hydrogen) atoms. The number of benzene rings is 1. The minimum atomic E-state index is -1.19. The Morgan fingerprint density at radius 3 is 2.68 bits per heavy atom. The second-order valence-corrected chi connectivity index (χ2v) is 5.32. The molecule has 1 unspecified atom stereocenters. The molecule has 0 saturated heterocycles. The van der Waals surface area contributed by atoms with Crippen molar-refractivity contribution in [2.45, 2.75) is 25.2 Å². The van der Waals surface area contributed by atoms with Gasteiger partial charge in [-0.3, -0.25) is 0 Å². The Balaban J connectivity index is 2.02. The van der Waals surface area contributed by atoms with Crippen LogP contribution in [0.1, 0.15) is 23.6 Å². The largest absolute Gasteiger partial charge is 0.438 e. The minimum Gasteiger partial charge on any atom is -0.438 e. The molecule has 0 amide bonds. The number of ether oxygens (including phenoxy) is 3. The number of hydrogen-bond acceptors (Lipinski definition) is 5. The van der Waals surface area contributed by atoms with Crippen LogP contribution >= 0.6 is 0 Å². The maximum atomic E-state index is 10.1. The predicted octanol–water partition coefficient (Wildman–Crippen LogP) is 2.60. The fraction of sp³-hybridized carbons (Fsp3) is 0.353. The second kappa shape index (κ2) is 5.68. The first kappa shape index (κ1) is 15.0. The van der Waals surface area contributed by atoms with Crippen LogP contribution in [0.5, 0.6) is 11.6 Å². The zero-order valence-electron chi connectivity index (χ0n) is 12.9. The zero-order chi connectivity index (χ0) is 15.7. The summed E-state index contributed by atoms with van der Waals surface area (Å²) in [5, 5.41) is 10.1. The lowest BCUT2D eigenvalue weighted by atomic mass is 9.94. The molecule has 2 heterocycles. The number of rotatable bonds is 4. The normalized spacial score (nSPS) is 14.7. The van der Waals surface area contributed by atoms with E-state index in [2.05, 4.69) is 4.98 Å². The highest BCUT2D eigenvalue weighted by Crippen LogP contribution is 2.38. The van der Waals surface area contributed by atoms with Crippen molar-refractivity contribution in [1.82, 2.24) is 4.98 Å². The summed E-state index contributed by atoms with van der Waals surface area (Å²) in [4.78, 5) is 4.24. The number of fused-ring (bicyclic) bond motifs is 2. The standard InChI is InChI=1S/C17H19NO4/c1-11(19)17(20-2,21-3)14-6-7-15-13(10-14)9-12-5-4-8-18-16(12)22-15/h4-8,10-11,19H,9H2,1-3H3. The highest BCUT2D eigenvalue weighted by atomic mass is 16.7. The van der Waals surface area contributed by atoms with Gasteiger partial charge in [-0.25, -0.2) is 4.98 Å². The third-order valence-corrected chi connectivity index (χ3v) is 4.06. The quantitative estimate of drug-likeness (QED) is 0.751. The van der Waals surface area contributed by atoms with Gasteiger partial charge >= 0.3 is 0 Å². The lowest BCUT2D eigenvalue weighted by molar-refractivity contribution is -0.264. The number of nitrogens with zero attached hydrogens (tertiary/aromatic N) is 1. The van der Waals surface area contributed by atoms with Crippen LogP contribution in [-0.2, 0) is 21.7 Å². The molecule has 0 spiro atoms. The topological polar surface area (TPSA) is 60.8 Å². The monoisotopic (exact) mass is 301 g/mol. The third kappa shape index (κ3) is 2.27. The molecule has 0 radical (unpaired) electrons. The Morgan fingerprint density at radius 1 is 1.23 bits per heavy atom. The van der Waals surface area contributed by atoms with E-state index in [0.29, 0.717) is 5.88 Å². The second-order valence-electron chi connectivity index (χ2n) is 5.32. The van der Waals surface area contributed by atoms with Crippen LogP contribution < -0.4 is 4.74 Å². The molecule has 116 valence electrons. The molecule has 0 fully saturated rings. The number of aromatic nitrogens is 1. The molecule has 2 aromatic rings. The van der Waals surface area contributed by atoms with Crippen LogP contribution in [0, 0.1) is 0 Å². The zero-order valence-corrected chi connectivity index (χ0v) is 12.9. The molecule has 5 heteroatoms. The summed E-state index contributed by atoms with van der Waals surface area (Å²) < 4.78 is 16.8. The number of aliphatic hydroxyl groups excluding tert-OH is 1. The SMILES string of the molecule is COC(OC)(c1ccc2c(c1)Cc1cccnc1O2)C(C)O. The summed E-state index contributed by atoms with van der Waals surface area (Å²) in [6, 6.07) is 9.53. The molecule has 1 aliphatic rings. The van der Waals surface area contributed by atoms with Crippen molar-refractivity contribution in [1.29, 1.82) is 0 Å². The van der Waals surface area contributed by atoms with Crippen LogP contribution in [0.3, 0.4) is 0 Å². The number of methoxy groups -OCH3 is 2. The van der Waals surface area contributed by atoms with Crippen molar-refractivity contribution >= 4 is 0 Å². The molecule has 0 saturated carbocycles. The number of pyridine rings is 1. The van der Waals surface area contributed by atoms with Gasteiger partial charge < -0.3 is 19.3 Å². The molecule has 0 aliphatic carbocycles. The van der Waals surface area contributed by atoms with Gasteiger partial charge in [0.15, 0.2) is 0 Å². The maximum absolute atomic E-state index is 10.1. The molecule has 1 N–H and O–H groups in total.